The normalized spacial score (nSPS) is 20.2. The third-order valence-electron chi connectivity index (χ3n) is 5.66. The third kappa shape index (κ3) is 3.38. The van der Waals surface area contributed by atoms with Gasteiger partial charge in [0, 0.05) is 30.9 Å². The van der Waals surface area contributed by atoms with Crippen molar-refractivity contribution in [1.82, 2.24) is 20.1 Å². The van der Waals surface area contributed by atoms with Crippen LogP contribution in [0.3, 0.4) is 0 Å². The van der Waals surface area contributed by atoms with Crippen molar-refractivity contribution in [3.63, 3.8) is 0 Å². The Hall–Kier alpha value is -2.23. The summed E-state index contributed by atoms with van der Waals surface area (Å²) in [6.07, 6.45) is 6.08. The zero-order valence-corrected chi connectivity index (χ0v) is 16.5. The van der Waals surface area contributed by atoms with Crippen LogP contribution in [0.2, 0.25) is 5.02 Å². The van der Waals surface area contributed by atoms with Crippen LogP contribution in [0.25, 0.3) is 11.4 Å². The van der Waals surface area contributed by atoms with Crippen molar-refractivity contribution in [2.45, 2.75) is 38.6 Å². The average Bonchev–Trinajstić information content (AvgIpc) is 2.68. The summed E-state index contributed by atoms with van der Waals surface area (Å²) >= 11 is 6.37. The van der Waals surface area contributed by atoms with Crippen molar-refractivity contribution >= 4 is 17.4 Å². The summed E-state index contributed by atoms with van der Waals surface area (Å²) in [6.45, 7) is 5.36. The highest BCUT2D eigenvalue weighted by molar-refractivity contribution is 6.33. The van der Waals surface area contributed by atoms with Crippen molar-refractivity contribution in [1.29, 1.82) is 5.26 Å². The van der Waals surface area contributed by atoms with E-state index in [1.54, 1.807) is 6.07 Å². The Morgan fingerprint density at radius 2 is 2.07 bits per heavy atom. The maximum absolute atomic E-state index is 9.02. The molecule has 0 aromatic carbocycles. The smallest absolute Gasteiger partial charge is 0.155 e. The molecule has 27 heavy (non-hydrogen) atoms. The van der Waals surface area contributed by atoms with Gasteiger partial charge in [-0.2, -0.15) is 5.26 Å². The maximum atomic E-state index is 9.02. The lowest BCUT2D eigenvalue weighted by Gasteiger charge is -2.41. The summed E-state index contributed by atoms with van der Waals surface area (Å²) in [7, 11) is 2.19. The Bertz CT molecular complexity index is 906. The molecule has 0 amide bonds. The van der Waals surface area contributed by atoms with Crippen LogP contribution >= 0.6 is 11.6 Å². The number of pyridine rings is 1. The van der Waals surface area contributed by atoms with E-state index in [1.165, 1.54) is 31.1 Å². The van der Waals surface area contributed by atoms with Crippen LogP contribution < -0.4 is 4.90 Å². The topological polar surface area (TPSA) is 68.9 Å². The van der Waals surface area contributed by atoms with E-state index in [2.05, 4.69) is 45.0 Å². The van der Waals surface area contributed by atoms with Gasteiger partial charge in [0.15, 0.2) is 5.82 Å². The number of aromatic nitrogens is 3. The Morgan fingerprint density at radius 1 is 1.22 bits per heavy atom. The first-order chi connectivity index (χ1) is 13.1. The van der Waals surface area contributed by atoms with E-state index >= 15 is 0 Å². The standard InChI is InChI=1S/C20H23ClN6/c1-13-16-6-4-8-27(15-5-3-7-26(2)12-15)20(16)25-24-18(13)19-17(21)9-14(10-22)11-23-19/h9,11,15H,3-8,12H2,1-2H3/t15-/m1/s1. The monoisotopic (exact) mass is 382 g/mol. The van der Waals surface area contributed by atoms with E-state index in [9.17, 15) is 0 Å². The van der Waals surface area contributed by atoms with Crippen LogP contribution in [0, 0.1) is 18.3 Å². The van der Waals surface area contributed by atoms with Gasteiger partial charge in [0.25, 0.3) is 0 Å². The average molecular weight is 383 g/mol. The van der Waals surface area contributed by atoms with Crippen molar-refractivity contribution in [3.05, 3.63) is 34.0 Å². The van der Waals surface area contributed by atoms with Crippen molar-refractivity contribution < 1.29 is 0 Å². The number of anilines is 1. The Morgan fingerprint density at radius 3 is 2.81 bits per heavy atom. The van der Waals surface area contributed by atoms with Gasteiger partial charge in [-0.15, -0.1) is 10.2 Å². The molecular weight excluding hydrogens is 360 g/mol. The first-order valence-corrected chi connectivity index (χ1v) is 9.83. The summed E-state index contributed by atoms with van der Waals surface area (Å²) in [6, 6.07) is 4.20. The predicted octanol–water partition coefficient (Wildman–Crippen LogP) is 3.22. The fourth-order valence-corrected chi connectivity index (χ4v) is 4.51. The molecule has 4 heterocycles. The highest BCUT2D eigenvalue weighted by atomic mass is 35.5. The van der Waals surface area contributed by atoms with E-state index in [-0.39, 0.29) is 0 Å². The molecule has 0 N–H and O–H groups in total. The second-order valence-corrected chi connectivity index (χ2v) is 7.90. The summed E-state index contributed by atoms with van der Waals surface area (Å²) in [5.41, 5.74) is 4.10. The lowest BCUT2D eigenvalue weighted by atomic mass is 9.95. The molecular formula is C20H23ClN6. The third-order valence-corrected chi connectivity index (χ3v) is 5.94. The van der Waals surface area contributed by atoms with E-state index in [1.807, 2.05) is 0 Å². The summed E-state index contributed by atoms with van der Waals surface area (Å²) < 4.78 is 0. The molecule has 2 aliphatic rings. The van der Waals surface area contributed by atoms with Crippen molar-refractivity contribution in [2.24, 2.45) is 0 Å². The highest BCUT2D eigenvalue weighted by Crippen LogP contribution is 2.35. The predicted molar refractivity (Wildman–Crippen MR) is 106 cm³/mol. The van der Waals surface area contributed by atoms with Gasteiger partial charge in [-0.25, -0.2) is 0 Å². The Kier molecular flexibility index (Phi) is 4.98. The molecule has 2 aromatic heterocycles. The van der Waals surface area contributed by atoms with Crippen LogP contribution in [-0.2, 0) is 6.42 Å². The Labute approximate surface area is 164 Å². The molecule has 4 rings (SSSR count). The second kappa shape index (κ2) is 7.41. The van der Waals surface area contributed by atoms with Crippen LogP contribution in [0.5, 0.6) is 0 Å². The zero-order chi connectivity index (χ0) is 19.0. The summed E-state index contributed by atoms with van der Waals surface area (Å²) in [5, 5.41) is 18.6. The van der Waals surface area contributed by atoms with Gasteiger partial charge in [0.2, 0.25) is 0 Å². The molecule has 2 aromatic rings. The molecule has 140 valence electrons. The van der Waals surface area contributed by atoms with Gasteiger partial charge in [-0.1, -0.05) is 11.6 Å². The minimum Gasteiger partial charge on any atom is -0.351 e. The molecule has 0 radical (unpaired) electrons. The van der Waals surface area contributed by atoms with Crippen LogP contribution in [-0.4, -0.2) is 52.8 Å². The molecule has 1 saturated heterocycles. The van der Waals surface area contributed by atoms with Gasteiger partial charge >= 0.3 is 0 Å². The van der Waals surface area contributed by atoms with E-state index < -0.39 is 0 Å². The molecule has 0 unspecified atom stereocenters. The first kappa shape index (κ1) is 18.1. The lowest BCUT2D eigenvalue weighted by Crippen LogP contribution is -2.49. The molecule has 2 aliphatic heterocycles. The number of rotatable bonds is 2. The van der Waals surface area contributed by atoms with Crippen LogP contribution in [0.1, 0.15) is 36.0 Å². The molecule has 0 bridgehead atoms. The van der Waals surface area contributed by atoms with E-state index in [0.717, 1.165) is 37.3 Å². The number of hydrogen-bond donors (Lipinski definition) is 0. The van der Waals surface area contributed by atoms with Gasteiger partial charge in [-0.3, -0.25) is 4.98 Å². The maximum Gasteiger partial charge on any atom is 0.155 e. The largest absolute Gasteiger partial charge is 0.351 e. The molecule has 0 spiro atoms. The summed E-state index contributed by atoms with van der Waals surface area (Å²) in [4.78, 5) is 9.22. The molecule has 7 heteroatoms. The molecule has 0 saturated carbocycles. The SMILES string of the molecule is Cc1c(-c2ncc(C#N)cc2Cl)nnc2c1CCCN2[C@@H]1CCCN(C)C1. The first-order valence-electron chi connectivity index (χ1n) is 9.46. The summed E-state index contributed by atoms with van der Waals surface area (Å²) in [5.74, 6) is 1.02. The molecule has 0 aliphatic carbocycles. The minimum absolute atomic E-state index is 0.438. The van der Waals surface area contributed by atoms with Gasteiger partial charge < -0.3 is 9.80 Å². The number of nitrogens with zero attached hydrogens (tertiary/aromatic N) is 6. The fourth-order valence-electron chi connectivity index (χ4n) is 4.25. The molecule has 1 atom stereocenters. The van der Waals surface area contributed by atoms with Gasteiger partial charge in [-0.05, 0) is 57.8 Å². The highest BCUT2D eigenvalue weighted by Gasteiger charge is 2.30. The number of piperidine rings is 1. The van der Waals surface area contributed by atoms with Crippen molar-refractivity contribution in [2.75, 3.05) is 31.6 Å². The van der Waals surface area contributed by atoms with E-state index in [0.29, 0.717) is 28.0 Å². The van der Waals surface area contributed by atoms with Crippen molar-refractivity contribution in [3.8, 4) is 17.5 Å². The lowest BCUT2D eigenvalue weighted by molar-refractivity contribution is 0.242. The molecule has 1 fully saturated rings. The zero-order valence-electron chi connectivity index (χ0n) is 15.7. The van der Waals surface area contributed by atoms with Crippen LogP contribution in [0.15, 0.2) is 12.3 Å². The number of nitriles is 1. The number of halogens is 1. The second-order valence-electron chi connectivity index (χ2n) is 7.50. The number of likely N-dealkylation sites (N-methyl/N-ethyl adjacent to an activating group) is 1. The number of hydrogen-bond acceptors (Lipinski definition) is 6. The Balaban J connectivity index is 1.72. The quantitative estimate of drug-likeness (QED) is 0.794. The van der Waals surface area contributed by atoms with E-state index in [4.69, 9.17) is 16.9 Å². The molecule has 6 nitrogen and oxygen atoms in total. The minimum atomic E-state index is 0.438. The number of likely N-dealkylation sites (tertiary alicyclic amines) is 1. The van der Waals surface area contributed by atoms with Crippen LogP contribution in [0.4, 0.5) is 5.82 Å². The fraction of sp³-hybridized carbons (Fsp3) is 0.500. The van der Waals surface area contributed by atoms with Gasteiger partial charge in [0.05, 0.1) is 10.6 Å². The van der Waals surface area contributed by atoms with Gasteiger partial charge in [0.1, 0.15) is 17.5 Å². The number of fused-ring (bicyclic) bond motifs is 1.